The Morgan fingerprint density at radius 1 is 1.14 bits per heavy atom. The third kappa shape index (κ3) is 2.60. The normalized spacial score (nSPS) is 10.9. The first-order valence-corrected chi connectivity index (χ1v) is 7.35. The molecule has 2 N–H and O–H groups in total. The summed E-state index contributed by atoms with van der Waals surface area (Å²) in [5.74, 6) is -0.0878. The van der Waals surface area contributed by atoms with Crippen molar-refractivity contribution >= 4 is 16.8 Å². The van der Waals surface area contributed by atoms with E-state index in [1.807, 2.05) is 50.2 Å². The van der Waals surface area contributed by atoms with Crippen molar-refractivity contribution in [3.63, 3.8) is 0 Å². The van der Waals surface area contributed by atoms with Crippen molar-refractivity contribution in [1.82, 2.24) is 15.3 Å². The standard InChI is InChI=1S/C18H19N3O/c1-11-6-4-7-14(20-11)10-19-18(22)16-9-5-8-15-12(2)13(3)21-17(15)16/h4-9,21H,10H2,1-3H3,(H,19,22). The molecule has 0 bridgehead atoms. The van der Waals surface area contributed by atoms with Gasteiger partial charge in [-0.2, -0.15) is 0 Å². The molecule has 0 aliphatic heterocycles. The molecule has 0 unspecified atom stereocenters. The molecule has 0 atom stereocenters. The Bertz CT molecular complexity index is 849. The molecular weight excluding hydrogens is 274 g/mol. The highest BCUT2D eigenvalue weighted by atomic mass is 16.1. The van der Waals surface area contributed by atoms with Gasteiger partial charge < -0.3 is 10.3 Å². The van der Waals surface area contributed by atoms with E-state index in [1.165, 1.54) is 5.56 Å². The van der Waals surface area contributed by atoms with Gasteiger partial charge in [-0.3, -0.25) is 9.78 Å². The number of pyridine rings is 1. The number of aromatic amines is 1. The second-order valence-corrected chi connectivity index (χ2v) is 5.56. The van der Waals surface area contributed by atoms with E-state index in [0.29, 0.717) is 12.1 Å². The lowest BCUT2D eigenvalue weighted by molar-refractivity contribution is 0.0952. The number of hydrogen-bond donors (Lipinski definition) is 2. The zero-order chi connectivity index (χ0) is 15.7. The molecule has 1 aromatic carbocycles. The van der Waals surface area contributed by atoms with Gasteiger partial charge in [0.15, 0.2) is 0 Å². The second kappa shape index (κ2) is 5.64. The first-order valence-electron chi connectivity index (χ1n) is 7.35. The van der Waals surface area contributed by atoms with Crippen LogP contribution in [0, 0.1) is 20.8 Å². The van der Waals surface area contributed by atoms with Crippen LogP contribution in [0.2, 0.25) is 0 Å². The number of carbonyl (C=O) groups excluding carboxylic acids is 1. The third-order valence-corrected chi connectivity index (χ3v) is 3.96. The van der Waals surface area contributed by atoms with Crippen LogP contribution in [0.15, 0.2) is 36.4 Å². The van der Waals surface area contributed by atoms with Gasteiger partial charge in [0, 0.05) is 16.8 Å². The molecular formula is C18H19N3O. The number of fused-ring (bicyclic) bond motifs is 1. The number of H-pyrrole nitrogens is 1. The largest absolute Gasteiger partial charge is 0.358 e. The maximum Gasteiger partial charge on any atom is 0.253 e. The number of nitrogens with one attached hydrogen (secondary N) is 2. The summed E-state index contributed by atoms with van der Waals surface area (Å²) < 4.78 is 0. The molecule has 0 radical (unpaired) electrons. The van der Waals surface area contributed by atoms with Crippen LogP contribution in [0.25, 0.3) is 10.9 Å². The topological polar surface area (TPSA) is 57.8 Å². The number of nitrogens with zero attached hydrogens (tertiary/aromatic N) is 1. The second-order valence-electron chi connectivity index (χ2n) is 5.56. The van der Waals surface area contributed by atoms with Crippen LogP contribution in [0.4, 0.5) is 0 Å². The minimum Gasteiger partial charge on any atom is -0.358 e. The summed E-state index contributed by atoms with van der Waals surface area (Å²) in [5, 5.41) is 4.04. The Labute approximate surface area is 129 Å². The highest BCUT2D eigenvalue weighted by molar-refractivity contribution is 6.06. The first-order chi connectivity index (χ1) is 10.6. The van der Waals surface area contributed by atoms with Gasteiger partial charge in [0.2, 0.25) is 0 Å². The molecule has 0 aliphatic rings. The molecule has 3 rings (SSSR count). The van der Waals surface area contributed by atoms with E-state index in [-0.39, 0.29) is 5.91 Å². The highest BCUT2D eigenvalue weighted by Gasteiger charge is 2.13. The van der Waals surface area contributed by atoms with Crippen molar-refractivity contribution in [3.8, 4) is 0 Å². The molecule has 0 saturated heterocycles. The average Bonchev–Trinajstić information content (AvgIpc) is 2.80. The van der Waals surface area contributed by atoms with Gasteiger partial charge in [0.25, 0.3) is 5.91 Å². The average molecular weight is 293 g/mol. The minimum atomic E-state index is -0.0878. The number of benzene rings is 1. The molecule has 4 nitrogen and oxygen atoms in total. The van der Waals surface area contributed by atoms with Gasteiger partial charge in [-0.1, -0.05) is 18.2 Å². The summed E-state index contributed by atoms with van der Waals surface area (Å²) in [4.78, 5) is 20.2. The Balaban J connectivity index is 1.85. The molecule has 0 fully saturated rings. The Hall–Kier alpha value is -2.62. The molecule has 0 aliphatic carbocycles. The zero-order valence-corrected chi connectivity index (χ0v) is 13.0. The van der Waals surface area contributed by atoms with Crippen molar-refractivity contribution in [3.05, 3.63) is 64.6 Å². The molecule has 0 saturated carbocycles. The van der Waals surface area contributed by atoms with Crippen molar-refractivity contribution in [2.75, 3.05) is 0 Å². The van der Waals surface area contributed by atoms with E-state index in [1.54, 1.807) is 0 Å². The molecule has 2 aromatic heterocycles. The summed E-state index contributed by atoms with van der Waals surface area (Å²) in [6, 6.07) is 11.6. The van der Waals surface area contributed by atoms with Crippen LogP contribution in [0.3, 0.4) is 0 Å². The Morgan fingerprint density at radius 2 is 1.91 bits per heavy atom. The minimum absolute atomic E-state index is 0.0878. The Kier molecular flexibility index (Phi) is 3.67. The van der Waals surface area contributed by atoms with Gasteiger partial charge in [-0.05, 0) is 44.5 Å². The van der Waals surface area contributed by atoms with Crippen LogP contribution in [-0.4, -0.2) is 15.9 Å². The van der Waals surface area contributed by atoms with Gasteiger partial charge in [-0.15, -0.1) is 0 Å². The van der Waals surface area contributed by atoms with E-state index in [2.05, 4.69) is 22.2 Å². The van der Waals surface area contributed by atoms with Crippen LogP contribution in [0.5, 0.6) is 0 Å². The molecule has 1 amide bonds. The fourth-order valence-corrected chi connectivity index (χ4v) is 2.64. The van der Waals surface area contributed by atoms with Crippen molar-refractivity contribution in [1.29, 1.82) is 0 Å². The fraction of sp³-hybridized carbons (Fsp3) is 0.222. The smallest absolute Gasteiger partial charge is 0.253 e. The van der Waals surface area contributed by atoms with Gasteiger partial charge in [0.1, 0.15) is 0 Å². The number of para-hydroxylation sites is 1. The van der Waals surface area contributed by atoms with E-state index in [4.69, 9.17) is 0 Å². The van der Waals surface area contributed by atoms with Crippen molar-refractivity contribution < 1.29 is 4.79 Å². The van der Waals surface area contributed by atoms with E-state index < -0.39 is 0 Å². The predicted molar refractivity (Wildman–Crippen MR) is 87.9 cm³/mol. The van der Waals surface area contributed by atoms with Crippen LogP contribution < -0.4 is 5.32 Å². The molecule has 22 heavy (non-hydrogen) atoms. The summed E-state index contributed by atoms with van der Waals surface area (Å²) in [5.41, 5.74) is 5.65. The lowest BCUT2D eigenvalue weighted by atomic mass is 10.1. The number of rotatable bonds is 3. The fourth-order valence-electron chi connectivity index (χ4n) is 2.64. The maximum absolute atomic E-state index is 12.5. The van der Waals surface area contributed by atoms with Gasteiger partial charge in [-0.25, -0.2) is 0 Å². The lowest BCUT2D eigenvalue weighted by Crippen LogP contribution is -2.23. The van der Waals surface area contributed by atoms with Crippen molar-refractivity contribution in [2.24, 2.45) is 0 Å². The quantitative estimate of drug-likeness (QED) is 0.777. The van der Waals surface area contributed by atoms with Crippen molar-refractivity contribution in [2.45, 2.75) is 27.3 Å². The number of amides is 1. The number of carbonyl (C=O) groups is 1. The first kappa shape index (κ1) is 14.3. The van der Waals surface area contributed by atoms with E-state index in [9.17, 15) is 4.79 Å². The summed E-state index contributed by atoms with van der Waals surface area (Å²) in [6.07, 6.45) is 0. The van der Waals surface area contributed by atoms with Crippen LogP contribution in [0.1, 0.15) is 33.0 Å². The third-order valence-electron chi connectivity index (χ3n) is 3.96. The van der Waals surface area contributed by atoms with Gasteiger partial charge >= 0.3 is 0 Å². The molecule has 4 heteroatoms. The summed E-state index contributed by atoms with van der Waals surface area (Å²) in [6.45, 7) is 6.45. The molecule has 0 spiro atoms. The van der Waals surface area contributed by atoms with E-state index in [0.717, 1.165) is 28.0 Å². The van der Waals surface area contributed by atoms with Crippen LogP contribution >= 0.6 is 0 Å². The Morgan fingerprint density at radius 3 is 2.68 bits per heavy atom. The highest BCUT2D eigenvalue weighted by Crippen LogP contribution is 2.24. The molecule has 112 valence electrons. The molecule has 2 heterocycles. The zero-order valence-electron chi connectivity index (χ0n) is 13.0. The molecule has 3 aromatic rings. The lowest BCUT2D eigenvalue weighted by Gasteiger charge is -2.06. The monoisotopic (exact) mass is 293 g/mol. The van der Waals surface area contributed by atoms with Gasteiger partial charge in [0.05, 0.1) is 23.3 Å². The van der Waals surface area contributed by atoms with E-state index >= 15 is 0 Å². The SMILES string of the molecule is Cc1cccc(CNC(=O)c2cccc3c(C)c(C)[nH]c23)n1. The van der Waals surface area contributed by atoms with Crippen LogP contribution in [-0.2, 0) is 6.54 Å². The number of aryl methyl sites for hydroxylation is 3. The summed E-state index contributed by atoms with van der Waals surface area (Å²) >= 11 is 0. The summed E-state index contributed by atoms with van der Waals surface area (Å²) in [7, 11) is 0. The predicted octanol–water partition coefficient (Wildman–Crippen LogP) is 3.42. The number of hydrogen-bond acceptors (Lipinski definition) is 2. The number of aromatic nitrogens is 2. The maximum atomic E-state index is 12.5.